The quantitative estimate of drug-likeness (QED) is 0.800. The zero-order valence-corrected chi connectivity index (χ0v) is 15.5. The van der Waals surface area contributed by atoms with E-state index in [0.29, 0.717) is 6.42 Å². The van der Waals surface area contributed by atoms with Crippen molar-refractivity contribution in [1.29, 1.82) is 0 Å². The molecule has 2 aromatic carbocycles. The van der Waals surface area contributed by atoms with Gasteiger partial charge in [-0.15, -0.1) is 0 Å². The molecule has 1 unspecified atom stereocenters. The Morgan fingerprint density at radius 1 is 1.04 bits per heavy atom. The van der Waals surface area contributed by atoms with Crippen LogP contribution in [0.3, 0.4) is 0 Å². The number of amides is 4. The zero-order chi connectivity index (χ0) is 19.4. The molecule has 1 atom stereocenters. The van der Waals surface area contributed by atoms with Crippen LogP contribution >= 0.6 is 0 Å². The number of carbonyl (C=O) groups excluding carboxylic acids is 3. The van der Waals surface area contributed by atoms with Crippen LogP contribution in [0, 0.1) is 0 Å². The summed E-state index contributed by atoms with van der Waals surface area (Å²) in [7, 11) is 0. The van der Waals surface area contributed by atoms with Crippen LogP contribution in [-0.2, 0) is 16.0 Å². The van der Waals surface area contributed by atoms with Crippen LogP contribution in [0.1, 0.15) is 19.4 Å². The molecular weight excluding hydrogens is 342 g/mol. The largest absolute Gasteiger partial charge is 0.325 e. The molecule has 6 heteroatoms. The van der Waals surface area contributed by atoms with Gasteiger partial charge in [0.2, 0.25) is 5.91 Å². The summed E-state index contributed by atoms with van der Waals surface area (Å²) in [6, 6.07) is 17.5. The Balaban J connectivity index is 1.71. The van der Waals surface area contributed by atoms with Gasteiger partial charge in [-0.3, -0.25) is 14.5 Å². The van der Waals surface area contributed by atoms with E-state index in [1.54, 1.807) is 4.90 Å². The van der Waals surface area contributed by atoms with Gasteiger partial charge in [0.05, 0.1) is 0 Å². The Kier molecular flexibility index (Phi) is 5.54. The molecule has 140 valence electrons. The van der Waals surface area contributed by atoms with Crippen molar-refractivity contribution in [3.63, 3.8) is 0 Å². The molecule has 0 bridgehead atoms. The van der Waals surface area contributed by atoms with Gasteiger partial charge >= 0.3 is 6.03 Å². The van der Waals surface area contributed by atoms with Crippen LogP contribution in [-0.4, -0.2) is 41.4 Å². The summed E-state index contributed by atoms with van der Waals surface area (Å²) in [6.07, 6.45) is 0.405. The first-order valence-electron chi connectivity index (χ1n) is 9.00. The predicted molar refractivity (Wildman–Crippen MR) is 103 cm³/mol. The second kappa shape index (κ2) is 8.03. The molecule has 0 saturated carbocycles. The standard InChI is InChI=1S/C21H23N3O3/c1-15(2)24(17-11-7-4-8-12-17)19(25)14-23-20(26)18(22-21(23)27)13-16-9-5-3-6-10-16/h3-12,15,18H,13-14H2,1-2H3,(H,22,27). The molecule has 1 saturated heterocycles. The second-order valence-electron chi connectivity index (χ2n) is 6.81. The number of rotatable bonds is 6. The average Bonchev–Trinajstić information content (AvgIpc) is 2.91. The summed E-state index contributed by atoms with van der Waals surface area (Å²) in [5.74, 6) is -0.658. The van der Waals surface area contributed by atoms with Crippen molar-refractivity contribution in [3.05, 3.63) is 66.2 Å². The number of hydrogen-bond donors (Lipinski definition) is 1. The van der Waals surface area contributed by atoms with Gasteiger partial charge in [0, 0.05) is 18.2 Å². The summed E-state index contributed by atoms with van der Waals surface area (Å²) in [5, 5.41) is 2.68. The Labute approximate surface area is 158 Å². The molecule has 0 radical (unpaired) electrons. The maximum atomic E-state index is 12.8. The van der Waals surface area contributed by atoms with Crippen LogP contribution in [0.2, 0.25) is 0 Å². The highest BCUT2D eigenvalue weighted by Crippen LogP contribution is 2.18. The van der Waals surface area contributed by atoms with Gasteiger partial charge in [-0.2, -0.15) is 0 Å². The first-order chi connectivity index (χ1) is 13.0. The van der Waals surface area contributed by atoms with E-state index < -0.39 is 12.1 Å². The average molecular weight is 365 g/mol. The third-order valence-electron chi connectivity index (χ3n) is 4.50. The summed E-state index contributed by atoms with van der Waals surface area (Å²) < 4.78 is 0. The normalized spacial score (nSPS) is 16.6. The molecule has 2 aromatic rings. The molecule has 4 amide bonds. The van der Waals surface area contributed by atoms with Gasteiger partial charge in [0.15, 0.2) is 0 Å². The minimum absolute atomic E-state index is 0.0965. The van der Waals surface area contributed by atoms with Crippen molar-refractivity contribution >= 4 is 23.5 Å². The number of nitrogens with one attached hydrogen (secondary N) is 1. The van der Waals surface area contributed by atoms with Crippen LogP contribution in [0.4, 0.5) is 10.5 Å². The molecule has 0 aromatic heterocycles. The van der Waals surface area contributed by atoms with E-state index >= 15 is 0 Å². The van der Waals surface area contributed by atoms with Gasteiger partial charge in [-0.05, 0) is 31.5 Å². The number of urea groups is 1. The van der Waals surface area contributed by atoms with Crippen molar-refractivity contribution < 1.29 is 14.4 Å². The molecule has 1 heterocycles. The number of carbonyl (C=O) groups is 3. The van der Waals surface area contributed by atoms with Gasteiger partial charge in [0.25, 0.3) is 5.91 Å². The Hall–Kier alpha value is -3.15. The SMILES string of the molecule is CC(C)N(C(=O)CN1C(=O)NC(Cc2ccccc2)C1=O)c1ccccc1. The lowest BCUT2D eigenvalue weighted by Gasteiger charge is -2.28. The summed E-state index contributed by atoms with van der Waals surface area (Å²) in [4.78, 5) is 40.4. The second-order valence-corrected chi connectivity index (χ2v) is 6.81. The van der Waals surface area contributed by atoms with E-state index in [-0.39, 0.29) is 24.4 Å². The smallest absolute Gasteiger partial charge is 0.325 e. The van der Waals surface area contributed by atoms with E-state index in [1.165, 1.54) is 0 Å². The number of imide groups is 1. The molecule has 1 fully saturated rings. The summed E-state index contributed by atoms with van der Waals surface area (Å²) in [5.41, 5.74) is 1.70. The molecule has 0 spiro atoms. The van der Waals surface area contributed by atoms with Gasteiger partial charge < -0.3 is 10.2 Å². The molecule has 1 N–H and O–H groups in total. The van der Waals surface area contributed by atoms with Crippen molar-refractivity contribution in [1.82, 2.24) is 10.2 Å². The minimum Gasteiger partial charge on any atom is -0.325 e. The minimum atomic E-state index is -0.642. The highest BCUT2D eigenvalue weighted by Gasteiger charge is 2.39. The Morgan fingerprint density at radius 3 is 2.22 bits per heavy atom. The van der Waals surface area contributed by atoms with Crippen molar-refractivity contribution in [2.75, 3.05) is 11.4 Å². The Bertz CT molecular complexity index is 821. The lowest BCUT2D eigenvalue weighted by atomic mass is 10.1. The highest BCUT2D eigenvalue weighted by atomic mass is 16.2. The number of anilines is 1. The summed E-state index contributed by atoms with van der Waals surface area (Å²) >= 11 is 0. The fourth-order valence-corrected chi connectivity index (χ4v) is 3.24. The number of benzene rings is 2. The van der Waals surface area contributed by atoms with E-state index in [0.717, 1.165) is 16.2 Å². The van der Waals surface area contributed by atoms with Crippen LogP contribution in [0.25, 0.3) is 0 Å². The fraction of sp³-hybridized carbons (Fsp3) is 0.286. The third-order valence-corrected chi connectivity index (χ3v) is 4.50. The molecule has 3 rings (SSSR count). The fourth-order valence-electron chi connectivity index (χ4n) is 3.24. The number of hydrogen-bond acceptors (Lipinski definition) is 3. The molecule has 1 aliphatic heterocycles. The number of para-hydroxylation sites is 1. The van der Waals surface area contributed by atoms with Crippen LogP contribution < -0.4 is 10.2 Å². The molecule has 6 nitrogen and oxygen atoms in total. The van der Waals surface area contributed by atoms with E-state index in [2.05, 4.69) is 5.32 Å². The van der Waals surface area contributed by atoms with E-state index in [4.69, 9.17) is 0 Å². The first kappa shape index (κ1) is 18.6. The van der Waals surface area contributed by atoms with Gasteiger partial charge in [-0.25, -0.2) is 4.79 Å². The van der Waals surface area contributed by atoms with Gasteiger partial charge in [-0.1, -0.05) is 48.5 Å². The van der Waals surface area contributed by atoms with E-state index in [9.17, 15) is 14.4 Å². The summed E-state index contributed by atoms with van der Waals surface area (Å²) in [6.45, 7) is 3.52. The van der Waals surface area contributed by atoms with Crippen LogP contribution in [0.15, 0.2) is 60.7 Å². The third kappa shape index (κ3) is 4.16. The van der Waals surface area contributed by atoms with E-state index in [1.807, 2.05) is 74.5 Å². The first-order valence-corrected chi connectivity index (χ1v) is 9.00. The van der Waals surface area contributed by atoms with Crippen molar-refractivity contribution in [2.24, 2.45) is 0 Å². The molecule has 27 heavy (non-hydrogen) atoms. The number of nitrogens with zero attached hydrogens (tertiary/aromatic N) is 2. The molecule has 0 aliphatic carbocycles. The lowest BCUT2D eigenvalue weighted by molar-refractivity contribution is -0.131. The predicted octanol–water partition coefficient (Wildman–Crippen LogP) is 2.59. The van der Waals surface area contributed by atoms with Crippen molar-refractivity contribution in [2.45, 2.75) is 32.4 Å². The van der Waals surface area contributed by atoms with Crippen LogP contribution in [0.5, 0.6) is 0 Å². The zero-order valence-electron chi connectivity index (χ0n) is 15.5. The lowest BCUT2D eigenvalue weighted by Crippen LogP contribution is -2.46. The maximum absolute atomic E-state index is 12.8. The van der Waals surface area contributed by atoms with Crippen molar-refractivity contribution in [3.8, 4) is 0 Å². The highest BCUT2D eigenvalue weighted by molar-refractivity contribution is 6.08. The molecular formula is C21H23N3O3. The topological polar surface area (TPSA) is 69.7 Å². The molecule has 1 aliphatic rings. The van der Waals surface area contributed by atoms with Gasteiger partial charge in [0.1, 0.15) is 12.6 Å². The maximum Gasteiger partial charge on any atom is 0.325 e. The Morgan fingerprint density at radius 2 is 1.63 bits per heavy atom. The monoisotopic (exact) mass is 365 g/mol.